The molecule has 32 heavy (non-hydrogen) atoms. The number of aryl methyl sites for hydroxylation is 1. The summed E-state index contributed by atoms with van der Waals surface area (Å²) in [5, 5.41) is 0.717. The van der Waals surface area contributed by atoms with E-state index in [2.05, 4.69) is 14.3 Å². The third-order valence-corrected chi connectivity index (χ3v) is 7.75. The Morgan fingerprint density at radius 3 is 2.59 bits per heavy atom. The van der Waals surface area contributed by atoms with Gasteiger partial charge in [-0.2, -0.15) is 17.5 Å². The van der Waals surface area contributed by atoms with E-state index in [0.29, 0.717) is 39.4 Å². The molecule has 2 heterocycles. The van der Waals surface area contributed by atoms with E-state index in [-0.39, 0.29) is 12.2 Å². The van der Waals surface area contributed by atoms with Gasteiger partial charge >= 0.3 is 6.18 Å². The third kappa shape index (κ3) is 4.69. The minimum absolute atomic E-state index is 0.118. The fourth-order valence-corrected chi connectivity index (χ4v) is 4.99. The second kappa shape index (κ2) is 8.31. The summed E-state index contributed by atoms with van der Waals surface area (Å²) in [7, 11) is -2.18. The first-order valence-corrected chi connectivity index (χ1v) is 11.9. The predicted octanol–water partition coefficient (Wildman–Crippen LogP) is 5.50. The number of nitrogens with zero attached hydrogens (tertiary/aromatic N) is 3. The normalized spacial score (nSPS) is 16.4. The molecule has 5 nitrogen and oxygen atoms in total. The van der Waals surface area contributed by atoms with Gasteiger partial charge in [0.2, 0.25) is 0 Å². The molecule has 0 bridgehead atoms. The van der Waals surface area contributed by atoms with Crippen molar-refractivity contribution >= 4 is 26.3 Å². The molecule has 1 saturated heterocycles. The van der Waals surface area contributed by atoms with Gasteiger partial charge in [0.1, 0.15) is 17.9 Å². The Balaban J connectivity index is 1.72. The van der Waals surface area contributed by atoms with Crippen LogP contribution in [0.3, 0.4) is 0 Å². The van der Waals surface area contributed by atoms with E-state index in [1.54, 1.807) is 12.1 Å². The lowest BCUT2D eigenvalue weighted by Gasteiger charge is -2.20. The van der Waals surface area contributed by atoms with Gasteiger partial charge in [-0.3, -0.25) is 0 Å². The average Bonchev–Trinajstić information content (AvgIpc) is 2.68. The van der Waals surface area contributed by atoms with Crippen LogP contribution in [0.25, 0.3) is 10.9 Å². The minimum Gasteiger partial charge on any atom is -0.481 e. The number of aromatic nitrogens is 2. The summed E-state index contributed by atoms with van der Waals surface area (Å²) >= 11 is 0. The molecule has 0 amide bonds. The molecule has 1 atom stereocenters. The van der Waals surface area contributed by atoms with Crippen LogP contribution in [-0.4, -0.2) is 38.0 Å². The first-order chi connectivity index (χ1) is 15.0. The van der Waals surface area contributed by atoms with E-state index in [1.165, 1.54) is 18.5 Å². The molecule has 0 N–H and O–H groups in total. The summed E-state index contributed by atoms with van der Waals surface area (Å²) in [4.78, 5) is 8.61. The summed E-state index contributed by atoms with van der Waals surface area (Å²) in [5.74, 6) is 0.289. The largest absolute Gasteiger partial charge is 0.481 e. The van der Waals surface area contributed by atoms with Crippen LogP contribution in [0, 0.1) is 12.7 Å². The molecule has 10 heteroatoms. The molecule has 0 aliphatic carbocycles. The Bertz CT molecular complexity index is 1290. The highest BCUT2D eigenvalue weighted by Gasteiger charge is 2.38. The minimum atomic E-state index is -4.58. The van der Waals surface area contributed by atoms with Crippen molar-refractivity contribution in [3.8, 4) is 5.75 Å². The van der Waals surface area contributed by atoms with E-state index in [4.69, 9.17) is 4.74 Å². The van der Waals surface area contributed by atoms with Crippen LogP contribution in [0.5, 0.6) is 5.75 Å². The molecule has 3 aromatic rings. The Kier molecular flexibility index (Phi) is 5.83. The Morgan fingerprint density at radius 2 is 1.94 bits per heavy atom. The summed E-state index contributed by atoms with van der Waals surface area (Å²) in [6.45, 7) is 2.71. The highest BCUT2D eigenvalue weighted by molar-refractivity contribution is 7.95. The van der Waals surface area contributed by atoms with Crippen molar-refractivity contribution in [2.75, 3.05) is 11.5 Å². The van der Waals surface area contributed by atoms with E-state index >= 15 is 0 Å². The maximum Gasteiger partial charge on any atom is 0.425 e. The molecule has 0 radical (unpaired) electrons. The molecule has 170 valence electrons. The van der Waals surface area contributed by atoms with Crippen molar-refractivity contribution < 1.29 is 26.5 Å². The van der Waals surface area contributed by atoms with E-state index in [9.17, 15) is 21.8 Å². The smallest absolute Gasteiger partial charge is 0.425 e. The van der Waals surface area contributed by atoms with Crippen LogP contribution in [-0.2, 0) is 16.1 Å². The first kappa shape index (κ1) is 22.4. The molecule has 1 aliphatic rings. The van der Waals surface area contributed by atoms with Gasteiger partial charge in [0.25, 0.3) is 0 Å². The number of fused-ring (bicyclic) bond motifs is 1. The number of halogens is 4. The Hall–Kier alpha value is -2.75. The van der Waals surface area contributed by atoms with E-state index in [0.717, 1.165) is 25.0 Å². The van der Waals surface area contributed by atoms with Gasteiger partial charge in [-0.1, -0.05) is 6.07 Å². The Morgan fingerprint density at radius 1 is 1.19 bits per heavy atom. The molecule has 0 unspecified atom stereocenters. The summed E-state index contributed by atoms with van der Waals surface area (Å²) in [6.07, 6.45) is -4.30. The van der Waals surface area contributed by atoms with Crippen molar-refractivity contribution in [2.45, 2.75) is 39.0 Å². The molecular formula is C22H21F4N3O2S. The van der Waals surface area contributed by atoms with Gasteiger partial charge in [-0.05, 0) is 44.0 Å². The topological polar surface area (TPSA) is 64.4 Å². The molecule has 0 spiro atoms. The maximum absolute atomic E-state index is 13.7. The van der Waals surface area contributed by atoms with E-state index in [1.807, 2.05) is 6.92 Å². The average molecular weight is 467 g/mol. The second-order valence-corrected chi connectivity index (χ2v) is 10.4. The zero-order chi connectivity index (χ0) is 23.1. The van der Waals surface area contributed by atoms with Crippen molar-refractivity contribution in [3.05, 3.63) is 59.3 Å². The van der Waals surface area contributed by atoms with Crippen molar-refractivity contribution in [3.63, 3.8) is 0 Å². The van der Waals surface area contributed by atoms with Crippen LogP contribution in [0.2, 0.25) is 0 Å². The number of hydrogen-bond donors (Lipinski definition) is 0. The summed E-state index contributed by atoms with van der Waals surface area (Å²) in [6, 6.07) is 7.03. The molecule has 0 saturated carbocycles. The highest BCUT2D eigenvalue weighted by Crippen LogP contribution is 2.32. The third-order valence-electron chi connectivity index (χ3n) is 5.35. The fourth-order valence-electron chi connectivity index (χ4n) is 3.54. The lowest BCUT2D eigenvalue weighted by molar-refractivity contribution is -0.189. The zero-order valence-corrected chi connectivity index (χ0v) is 18.3. The fraction of sp³-hybridized carbons (Fsp3) is 0.364. The number of hydrogen-bond acceptors (Lipinski definition) is 5. The van der Waals surface area contributed by atoms with Gasteiger partial charge in [0.15, 0.2) is 6.10 Å². The van der Waals surface area contributed by atoms with Gasteiger partial charge in [-0.25, -0.2) is 18.6 Å². The summed E-state index contributed by atoms with van der Waals surface area (Å²) in [5.41, 5.74) is 2.89. The number of rotatable bonds is 5. The standard InChI is InChI=1S/C22H21F4N3O2S/c1-13-8-17(29-32(30)6-3-7-32)11-19-21(13)18(27-12-28-19)9-15-4-5-16(23)10-20(15)31-14(2)22(24,25)26/h4-5,8,10-12,14H,3,6-7,9H2,1-2H3/t14-/m1/s1. The molecule has 1 fully saturated rings. The Labute approximate surface area is 183 Å². The predicted molar refractivity (Wildman–Crippen MR) is 114 cm³/mol. The van der Waals surface area contributed by atoms with Crippen LogP contribution in [0.4, 0.5) is 23.2 Å². The quantitative estimate of drug-likeness (QED) is 0.465. The van der Waals surface area contributed by atoms with Crippen LogP contribution >= 0.6 is 0 Å². The molecule has 2 aromatic carbocycles. The SMILES string of the molecule is Cc1cc(N=S2(=O)CCC2)cc2ncnc(Cc3ccc(F)cc3O[C@H](C)C(F)(F)F)c12. The van der Waals surface area contributed by atoms with Crippen LogP contribution in [0.1, 0.15) is 30.2 Å². The monoisotopic (exact) mass is 467 g/mol. The number of ether oxygens (including phenoxy) is 1. The van der Waals surface area contributed by atoms with Gasteiger partial charge in [0, 0.05) is 34.9 Å². The van der Waals surface area contributed by atoms with Crippen molar-refractivity contribution in [1.29, 1.82) is 0 Å². The van der Waals surface area contributed by atoms with E-state index < -0.39 is 27.8 Å². The molecular weight excluding hydrogens is 446 g/mol. The highest BCUT2D eigenvalue weighted by atomic mass is 32.2. The van der Waals surface area contributed by atoms with Crippen molar-refractivity contribution in [2.24, 2.45) is 4.36 Å². The lowest BCUT2D eigenvalue weighted by Crippen LogP contribution is -2.31. The lowest BCUT2D eigenvalue weighted by atomic mass is 10.0. The summed E-state index contributed by atoms with van der Waals surface area (Å²) < 4.78 is 74.6. The maximum atomic E-state index is 13.7. The molecule has 1 aromatic heterocycles. The molecule has 1 aliphatic heterocycles. The number of benzene rings is 2. The van der Waals surface area contributed by atoms with Gasteiger partial charge in [0.05, 0.1) is 26.6 Å². The number of alkyl halides is 3. The second-order valence-electron chi connectivity index (χ2n) is 7.83. The zero-order valence-electron chi connectivity index (χ0n) is 17.4. The molecule has 4 rings (SSSR count). The van der Waals surface area contributed by atoms with Gasteiger partial charge in [-0.15, -0.1) is 0 Å². The van der Waals surface area contributed by atoms with Crippen molar-refractivity contribution in [1.82, 2.24) is 9.97 Å². The first-order valence-electron chi connectivity index (χ1n) is 10.0. The van der Waals surface area contributed by atoms with Crippen LogP contribution < -0.4 is 4.74 Å². The van der Waals surface area contributed by atoms with Crippen LogP contribution in [0.15, 0.2) is 41.0 Å². The van der Waals surface area contributed by atoms with Gasteiger partial charge < -0.3 is 4.74 Å².